The lowest BCUT2D eigenvalue weighted by Gasteiger charge is -2.07. The highest BCUT2D eigenvalue weighted by atomic mass is 16.6. The number of nitrogens with zero attached hydrogens (tertiary/aromatic N) is 3. The third kappa shape index (κ3) is 3.45. The molecule has 0 amide bonds. The number of benzene rings is 1. The van der Waals surface area contributed by atoms with E-state index in [0.717, 1.165) is 11.4 Å². The van der Waals surface area contributed by atoms with E-state index in [0.29, 0.717) is 0 Å². The van der Waals surface area contributed by atoms with Gasteiger partial charge in [-0.1, -0.05) is 6.07 Å². The lowest BCUT2D eigenvalue weighted by atomic mass is 10.2. The third-order valence-corrected chi connectivity index (χ3v) is 2.76. The number of ether oxygens (including phenoxy) is 1. The fourth-order valence-electron chi connectivity index (χ4n) is 1.67. The summed E-state index contributed by atoms with van der Waals surface area (Å²) in [5.41, 5.74) is 0.774. The van der Waals surface area contributed by atoms with E-state index < -0.39 is 4.92 Å². The molecule has 0 saturated heterocycles. The second-order valence-electron chi connectivity index (χ2n) is 4.14. The van der Waals surface area contributed by atoms with Crippen LogP contribution in [0.3, 0.4) is 0 Å². The van der Waals surface area contributed by atoms with Gasteiger partial charge in [-0.25, -0.2) is 4.98 Å². The van der Waals surface area contributed by atoms with Crippen LogP contribution < -0.4 is 10.1 Å². The Morgan fingerprint density at radius 2 is 2.24 bits per heavy atom. The van der Waals surface area contributed by atoms with Crippen LogP contribution in [0.15, 0.2) is 36.5 Å². The molecular formula is C14H12N4O3. The molecule has 0 saturated carbocycles. The molecule has 1 heterocycles. The van der Waals surface area contributed by atoms with E-state index in [1.54, 1.807) is 19.3 Å². The first kappa shape index (κ1) is 14.3. The Morgan fingerprint density at radius 1 is 1.43 bits per heavy atom. The second kappa shape index (κ2) is 6.34. The van der Waals surface area contributed by atoms with Crippen LogP contribution in [0.1, 0.15) is 11.1 Å². The Kier molecular flexibility index (Phi) is 4.31. The van der Waals surface area contributed by atoms with Gasteiger partial charge in [-0.3, -0.25) is 10.1 Å². The average molecular weight is 284 g/mol. The standard InChI is InChI=1S/C14H12N4O3/c1-16-14-5-3-11(8-17-14)9-21-13-4-2-10(7-15)6-12(13)18(19)20/h2-6,8H,9H2,1H3,(H,16,17). The molecule has 7 nitrogen and oxygen atoms in total. The van der Waals surface area contributed by atoms with Crippen LogP contribution in [0.5, 0.6) is 5.75 Å². The predicted octanol–water partition coefficient (Wildman–Crippen LogP) is 2.48. The number of nitro groups is 1. The summed E-state index contributed by atoms with van der Waals surface area (Å²) in [6, 6.07) is 9.55. The molecule has 0 aliphatic heterocycles. The Balaban J connectivity index is 2.15. The van der Waals surface area contributed by atoms with Gasteiger partial charge in [0.25, 0.3) is 0 Å². The number of nitrogens with one attached hydrogen (secondary N) is 1. The van der Waals surface area contributed by atoms with Gasteiger partial charge in [0.2, 0.25) is 0 Å². The maximum Gasteiger partial charge on any atom is 0.312 e. The van der Waals surface area contributed by atoms with Crippen LogP contribution in [0.2, 0.25) is 0 Å². The number of aromatic nitrogens is 1. The molecule has 0 spiro atoms. The molecule has 1 aromatic heterocycles. The smallest absolute Gasteiger partial charge is 0.312 e. The van der Waals surface area contributed by atoms with Crippen molar-refractivity contribution in [1.82, 2.24) is 4.98 Å². The summed E-state index contributed by atoms with van der Waals surface area (Å²) in [7, 11) is 1.76. The van der Waals surface area contributed by atoms with Gasteiger partial charge in [0.1, 0.15) is 12.4 Å². The van der Waals surface area contributed by atoms with Gasteiger partial charge in [-0.05, 0) is 18.2 Å². The van der Waals surface area contributed by atoms with E-state index >= 15 is 0 Å². The number of hydrogen-bond donors (Lipinski definition) is 1. The second-order valence-corrected chi connectivity index (χ2v) is 4.14. The summed E-state index contributed by atoms with van der Waals surface area (Å²) in [4.78, 5) is 14.5. The van der Waals surface area contributed by atoms with E-state index in [-0.39, 0.29) is 23.6 Å². The molecule has 2 rings (SSSR count). The highest BCUT2D eigenvalue weighted by Crippen LogP contribution is 2.28. The van der Waals surface area contributed by atoms with E-state index in [4.69, 9.17) is 10.00 Å². The predicted molar refractivity (Wildman–Crippen MR) is 75.9 cm³/mol. The molecule has 0 unspecified atom stereocenters. The van der Waals surface area contributed by atoms with Crippen LogP contribution in [-0.2, 0) is 6.61 Å². The first-order chi connectivity index (χ1) is 10.1. The number of anilines is 1. The molecule has 0 fully saturated rings. The number of nitriles is 1. The highest BCUT2D eigenvalue weighted by Gasteiger charge is 2.16. The Labute approximate surface area is 121 Å². The minimum absolute atomic E-state index is 0.122. The zero-order chi connectivity index (χ0) is 15.2. The van der Waals surface area contributed by atoms with Gasteiger partial charge in [0.05, 0.1) is 16.6 Å². The molecule has 21 heavy (non-hydrogen) atoms. The van der Waals surface area contributed by atoms with Gasteiger partial charge in [-0.2, -0.15) is 5.26 Å². The largest absolute Gasteiger partial charge is 0.482 e. The zero-order valence-electron chi connectivity index (χ0n) is 11.2. The lowest BCUT2D eigenvalue weighted by molar-refractivity contribution is -0.386. The molecule has 1 N–H and O–H groups in total. The van der Waals surface area contributed by atoms with Gasteiger partial charge < -0.3 is 10.1 Å². The molecule has 1 aromatic carbocycles. The third-order valence-electron chi connectivity index (χ3n) is 2.76. The van der Waals surface area contributed by atoms with Crippen LogP contribution >= 0.6 is 0 Å². The summed E-state index contributed by atoms with van der Waals surface area (Å²) < 4.78 is 5.45. The normalized spacial score (nSPS) is 9.71. The van der Waals surface area contributed by atoms with Crippen molar-refractivity contribution in [1.29, 1.82) is 5.26 Å². The van der Waals surface area contributed by atoms with E-state index in [1.807, 2.05) is 12.1 Å². The molecule has 106 valence electrons. The summed E-state index contributed by atoms with van der Waals surface area (Å²) in [5.74, 6) is 0.847. The Hall–Kier alpha value is -3.14. The van der Waals surface area contributed by atoms with Crippen molar-refractivity contribution in [2.75, 3.05) is 12.4 Å². The van der Waals surface area contributed by atoms with Crippen LogP contribution in [0, 0.1) is 21.4 Å². The fraction of sp³-hybridized carbons (Fsp3) is 0.143. The average Bonchev–Trinajstić information content (AvgIpc) is 2.53. The SMILES string of the molecule is CNc1ccc(COc2ccc(C#N)cc2[N+](=O)[O-])cn1. The molecule has 2 aromatic rings. The van der Waals surface area contributed by atoms with Crippen molar-refractivity contribution in [3.8, 4) is 11.8 Å². The van der Waals surface area contributed by atoms with Crippen LogP contribution in [0.25, 0.3) is 0 Å². The fourth-order valence-corrected chi connectivity index (χ4v) is 1.67. The van der Waals surface area contributed by atoms with E-state index in [2.05, 4.69) is 10.3 Å². The van der Waals surface area contributed by atoms with E-state index in [9.17, 15) is 10.1 Å². The van der Waals surface area contributed by atoms with Gasteiger partial charge in [0, 0.05) is 24.9 Å². The number of nitro benzene ring substituents is 1. The Bertz CT molecular complexity index is 692. The van der Waals surface area contributed by atoms with Gasteiger partial charge in [-0.15, -0.1) is 0 Å². The molecule has 0 atom stereocenters. The maximum absolute atomic E-state index is 11.0. The van der Waals surface area contributed by atoms with Crippen LogP contribution in [-0.4, -0.2) is 17.0 Å². The molecule has 0 aliphatic carbocycles. The minimum Gasteiger partial charge on any atom is -0.482 e. The summed E-state index contributed by atoms with van der Waals surface area (Å²) in [6.07, 6.45) is 1.63. The minimum atomic E-state index is -0.571. The van der Waals surface area contributed by atoms with Gasteiger partial charge >= 0.3 is 5.69 Å². The number of rotatable bonds is 5. The maximum atomic E-state index is 11.0. The number of pyridine rings is 1. The van der Waals surface area contributed by atoms with Crippen molar-refractivity contribution in [3.05, 3.63) is 57.8 Å². The highest BCUT2D eigenvalue weighted by molar-refractivity contribution is 5.51. The van der Waals surface area contributed by atoms with Crippen molar-refractivity contribution in [2.24, 2.45) is 0 Å². The van der Waals surface area contributed by atoms with Gasteiger partial charge in [0.15, 0.2) is 5.75 Å². The van der Waals surface area contributed by atoms with Crippen molar-refractivity contribution < 1.29 is 9.66 Å². The molecule has 0 radical (unpaired) electrons. The molecule has 0 aliphatic rings. The summed E-state index contributed by atoms with van der Waals surface area (Å²) in [6.45, 7) is 0.156. The molecule has 7 heteroatoms. The molecule has 0 bridgehead atoms. The first-order valence-electron chi connectivity index (χ1n) is 6.08. The molecular weight excluding hydrogens is 272 g/mol. The van der Waals surface area contributed by atoms with Crippen molar-refractivity contribution in [2.45, 2.75) is 6.61 Å². The quantitative estimate of drug-likeness (QED) is 0.668. The lowest BCUT2D eigenvalue weighted by Crippen LogP contribution is -2.00. The van der Waals surface area contributed by atoms with Crippen molar-refractivity contribution in [3.63, 3.8) is 0 Å². The Morgan fingerprint density at radius 3 is 2.81 bits per heavy atom. The first-order valence-corrected chi connectivity index (χ1v) is 6.08. The van der Waals surface area contributed by atoms with Crippen molar-refractivity contribution >= 4 is 11.5 Å². The number of hydrogen-bond acceptors (Lipinski definition) is 6. The topological polar surface area (TPSA) is 101 Å². The zero-order valence-corrected chi connectivity index (χ0v) is 11.2. The summed E-state index contributed by atoms with van der Waals surface area (Å²) >= 11 is 0. The van der Waals surface area contributed by atoms with Crippen LogP contribution in [0.4, 0.5) is 11.5 Å². The van der Waals surface area contributed by atoms with E-state index in [1.165, 1.54) is 18.2 Å². The monoisotopic (exact) mass is 284 g/mol. The summed E-state index contributed by atoms with van der Waals surface area (Å²) in [5, 5.41) is 22.6.